The number of anilines is 1. The second kappa shape index (κ2) is 9.72. The van der Waals surface area contributed by atoms with E-state index >= 15 is 0 Å². The van der Waals surface area contributed by atoms with Crippen molar-refractivity contribution in [3.05, 3.63) is 87.4 Å². The summed E-state index contributed by atoms with van der Waals surface area (Å²) in [7, 11) is 0. The van der Waals surface area contributed by atoms with Crippen LogP contribution in [0.25, 0.3) is 0 Å². The molecule has 0 bridgehead atoms. The molecule has 3 aromatic carbocycles. The largest absolute Gasteiger partial charge is 0.490 e. The summed E-state index contributed by atoms with van der Waals surface area (Å²) in [6.07, 6.45) is 0. The summed E-state index contributed by atoms with van der Waals surface area (Å²) in [4.78, 5) is 0. The molecule has 3 aromatic rings. The van der Waals surface area contributed by atoms with Crippen LogP contribution in [0.2, 0.25) is 10.0 Å². The standard InChI is InChI=1S/C23H23Cl2NO2/c1-3-27-22-13-18(14-26-20-6-4-5-16(2)11-20)12-21(25)23(22)28-15-17-7-9-19(24)10-8-17/h4-13,26H,3,14-15H2,1-2H3. The number of benzene rings is 3. The number of hydrogen-bond acceptors (Lipinski definition) is 3. The van der Waals surface area contributed by atoms with Crippen molar-refractivity contribution in [3.8, 4) is 11.5 Å². The van der Waals surface area contributed by atoms with E-state index in [2.05, 4.69) is 24.4 Å². The Hall–Kier alpha value is -2.36. The number of rotatable bonds is 8. The van der Waals surface area contributed by atoms with Crippen molar-refractivity contribution in [1.82, 2.24) is 0 Å². The van der Waals surface area contributed by atoms with E-state index in [1.807, 2.05) is 55.5 Å². The predicted octanol–water partition coefficient (Wildman–Crippen LogP) is 6.89. The Morgan fingerprint density at radius 3 is 2.39 bits per heavy atom. The first-order chi connectivity index (χ1) is 13.5. The second-order valence-electron chi connectivity index (χ2n) is 6.48. The van der Waals surface area contributed by atoms with E-state index in [-0.39, 0.29) is 0 Å². The Balaban J connectivity index is 1.74. The molecule has 3 rings (SSSR count). The van der Waals surface area contributed by atoms with Gasteiger partial charge in [-0.05, 0) is 66.9 Å². The molecule has 0 amide bonds. The molecule has 5 heteroatoms. The molecule has 0 heterocycles. The van der Waals surface area contributed by atoms with Gasteiger partial charge in [-0.25, -0.2) is 0 Å². The van der Waals surface area contributed by atoms with Crippen molar-refractivity contribution < 1.29 is 9.47 Å². The lowest BCUT2D eigenvalue weighted by Crippen LogP contribution is -2.04. The van der Waals surface area contributed by atoms with Gasteiger partial charge in [0.2, 0.25) is 0 Å². The second-order valence-corrected chi connectivity index (χ2v) is 7.32. The van der Waals surface area contributed by atoms with Crippen molar-refractivity contribution in [2.24, 2.45) is 0 Å². The van der Waals surface area contributed by atoms with Crippen molar-refractivity contribution in [2.75, 3.05) is 11.9 Å². The fourth-order valence-electron chi connectivity index (χ4n) is 2.82. The third-order valence-electron chi connectivity index (χ3n) is 4.18. The summed E-state index contributed by atoms with van der Waals surface area (Å²) in [5, 5.41) is 4.64. The lowest BCUT2D eigenvalue weighted by Gasteiger charge is -2.16. The van der Waals surface area contributed by atoms with Gasteiger partial charge in [-0.1, -0.05) is 47.5 Å². The van der Waals surface area contributed by atoms with E-state index < -0.39 is 0 Å². The van der Waals surface area contributed by atoms with Crippen LogP contribution in [0.5, 0.6) is 11.5 Å². The van der Waals surface area contributed by atoms with Crippen LogP contribution >= 0.6 is 23.2 Å². The van der Waals surface area contributed by atoms with Crippen LogP contribution in [-0.4, -0.2) is 6.61 Å². The topological polar surface area (TPSA) is 30.5 Å². The molecule has 0 spiro atoms. The monoisotopic (exact) mass is 415 g/mol. The Morgan fingerprint density at radius 2 is 1.68 bits per heavy atom. The Morgan fingerprint density at radius 1 is 0.893 bits per heavy atom. The molecule has 0 aliphatic heterocycles. The van der Waals surface area contributed by atoms with Crippen molar-refractivity contribution in [3.63, 3.8) is 0 Å². The minimum atomic E-state index is 0.387. The highest BCUT2D eigenvalue weighted by molar-refractivity contribution is 6.32. The smallest absolute Gasteiger partial charge is 0.180 e. The lowest BCUT2D eigenvalue weighted by molar-refractivity contribution is 0.269. The van der Waals surface area contributed by atoms with E-state index in [1.54, 1.807) is 0 Å². The Kier molecular flexibility index (Phi) is 7.07. The quantitative estimate of drug-likeness (QED) is 0.434. The van der Waals surface area contributed by atoms with E-state index in [9.17, 15) is 0 Å². The zero-order chi connectivity index (χ0) is 19.9. The Bertz CT molecular complexity index is 926. The van der Waals surface area contributed by atoms with Gasteiger partial charge in [0.15, 0.2) is 11.5 Å². The average molecular weight is 416 g/mol. The average Bonchev–Trinajstić information content (AvgIpc) is 2.67. The molecule has 0 saturated carbocycles. The van der Waals surface area contributed by atoms with Gasteiger partial charge in [0, 0.05) is 17.3 Å². The minimum Gasteiger partial charge on any atom is -0.490 e. The number of hydrogen-bond donors (Lipinski definition) is 1. The highest BCUT2D eigenvalue weighted by atomic mass is 35.5. The van der Waals surface area contributed by atoms with Crippen molar-refractivity contribution in [2.45, 2.75) is 27.0 Å². The fourth-order valence-corrected chi connectivity index (χ4v) is 3.24. The normalized spacial score (nSPS) is 10.6. The fraction of sp³-hybridized carbons (Fsp3) is 0.217. The molecular formula is C23H23Cl2NO2. The summed E-state index contributed by atoms with van der Waals surface area (Å²) in [5.41, 5.74) is 4.31. The van der Waals surface area contributed by atoms with Gasteiger partial charge in [0.05, 0.1) is 11.6 Å². The van der Waals surface area contributed by atoms with Gasteiger partial charge >= 0.3 is 0 Å². The van der Waals surface area contributed by atoms with Gasteiger partial charge in [-0.2, -0.15) is 0 Å². The molecule has 0 saturated heterocycles. The van der Waals surface area contributed by atoms with Crippen LogP contribution in [0.15, 0.2) is 60.7 Å². The molecule has 0 fully saturated rings. The zero-order valence-electron chi connectivity index (χ0n) is 16.0. The number of ether oxygens (including phenoxy) is 2. The molecule has 0 aliphatic carbocycles. The zero-order valence-corrected chi connectivity index (χ0v) is 17.5. The van der Waals surface area contributed by atoms with Gasteiger partial charge < -0.3 is 14.8 Å². The first-order valence-electron chi connectivity index (χ1n) is 9.18. The van der Waals surface area contributed by atoms with Gasteiger partial charge in [-0.3, -0.25) is 0 Å². The molecule has 1 N–H and O–H groups in total. The number of nitrogens with one attached hydrogen (secondary N) is 1. The highest BCUT2D eigenvalue weighted by Gasteiger charge is 2.13. The van der Waals surface area contributed by atoms with Crippen LogP contribution in [-0.2, 0) is 13.2 Å². The van der Waals surface area contributed by atoms with Crippen LogP contribution < -0.4 is 14.8 Å². The molecule has 0 aromatic heterocycles. The van der Waals surface area contributed by atoms with Crippen LogP contribution in [0.3, 0.4) is 0 Å². The summed E-state index contributed by atoms with van der Waals surface area (Å²) in [5.74, 6) is 1.20. The highest BCUT2D eigenvalue weighted by Crippen LogP contribution is 2.37. The molecule has 0 atom stereocenters. The van der Waals surface area contributed by atoms with E-state index in [0.29, 0.717) is 41.3 Å². The molecule has 146 valence electrons. The molecule has 0 radical (unpaired) electrons. The molecule has 3 nitrogen and oxygen atoms in total. The van der Waals surface area contributed by atoms with Crippen LogP contribution in [0.1, 0.15) is 23.6 Å². The Labute approximate surface area is 176 Å². The third kappa shape index (κ3) is 5.57. The summed E-state index contributed by atoms with van der Waals surface area (Å²) in [6, 6.07) is 19.7. The first-order valence-corrected chi connectivity index (χ1v) is 9.93. The van der Waals surface area contributed by atoms with Gasteiger partial charge in [0.1, 0.15) is 6.61 Å². The summed E-state index contributed by atoms with van der Waals surface area (Å²) < 4.78 is 11.7. The maximum absolute atomic E-state index is 6.51. The number of aryl methyl sites for hydroxylation is 1. The predicted molar refractivity (Wildman–Crippen MR) is 117 cm³/mol. The van der Waals surface area contributed by atoms with Gasteiger partial charge in [-0.15, -0.1) is 0 Å². The van der Waals surface area contributed by atoms with Crippen molar-refractivity contribution in [1.29, 1.82) is 0 Å². The van der Waals surface area contributed by atoms with E-state index in [1.165, 1.54) is 5.56 Å². The maximum Gasteiger partial charge on any atom is 0.180 e. The molecule has 0 aliphatic rings. The lowest BCUT2D eigenvalue weighted by atomic mass is 10.1. The van der Waals surface area contributed by atoms with Crippen molar-refractivity contribution >= 4 is 28.9 Å². The minimum absolute atomic E-state index is 0.387. The molecule has 28 heavy (non-hydrogen) atoms. The maximum atomic E-state index is 6.51. The SMILES string of the molecule is CCOc1cc(CNc2cccc(C)c2)cc(Cl)c1OCc1ccc(Cl)cc1. The van der Waals surface area contributed by atoms with E-state index in [4.69, 9.17) is 32.7 Å². The number of halogens is 2. The molecule has 0 unspecified atom stereocenters. The van der Waals surface area contributed by atoms with Crippen LogP contribution in [0, 0.1) is 6.92 Å². The first kappa shape index (κ1) is 20.4. The van der Waals surface area contributed by atoms with Gasteiger partial charge in [0.25, 0.3) is 0 Å². The van der Waals surface area contributed by atoms with E-state index in [0.717, 1.165) is 16.8 Å². The summed E-state index contributed by atoms with van der Waals surface area (Å²) in [6.45, 7) is 5.57. The van der Waals surface area contributed by atoms with Crippen LogP contribution in [0.4, 0.5) is 5.69 Å². The molecular weight excluding hydrogens is 393 g/mol. The summed E-state index contributed by atoms with van der Waals surface area (Å²) >= 11 is 12.4. The third-order valence-corrected chi connectivity index (χ3v) is 4.71.